The normalized spacial score (nSPS) is 11.9. The number of carboxylic acids is 1. The van der Waals surface area contributed by atoms with Crippen LogP contribution in [0.25, 0.3) is 0 Å². The van der Waals surface area contributed by atoms with Crippen LogP contribution in [-0.4, -0.2) is 17.0 Å². The molecule has 1 atom stereocenters. The number of benzene rings is 1. The molecular weight excluding hydrogens is 230 g/mol. The van der Waals surface area contributed by atoms with E-state index in [0.29, 0.717) is 11.6 Å². The Morgan fingerprint density at radius 3 is 2.33 bits per heavy atom. The van der Waals surface area contributed by atoms with Crippen LogP contribution in [0.3, 0.4) is 0 Å². The first-order valence-electron chi connectivity index (χ1n) is 6.14. The van der Waals surface area contributed by atoms with Gasteiger partial charge in [0.2, 0.25) is 5.91 Å². The molecule has 1 aromatic carbocycles. The van der Waals surface area contributed by atoms with Gasteiger partial charge in [0.25, 0.3) is 0 Å². The van der Waals surface area contributed by atoms with Crippen molar-refractivity contribution in [1.82, 2.24) is 0 Å². The van der Waals surface area contributed by atoms with Crippen LogP contribution in [0.4, 0.5) is 5.69 Å². The Kier molecular flexibility index (Phi) is 5.36. The molecule has 1 rings (SSSR count). The predicted octanol–water partition coefficient (Wildman–Crippen LogP) is 3.00. The molecular formula is C14H19NO3. The SMILES string of the molecule is CC[C@H](C)c1ccc(NC(=O)CCC(=O)O)cc1. The number of amides is 1. The second-order valence-corrected chi connectivity index (χ2v) is 4.37. The van der Waals surface area contributed by atoms with Crippen LogP contribution >= 0.6 is 0 Å². The van der Waals surface area contributed by atoms with Gasteiger partial charge in [0.15, 0.2) is 0 Å². The highest BCUT2D eigenvalue weighted by Crippen LogP contribution is 2.20. The molecule has 0 unspecified atom stereocenters. The third kappa shape index (κ3) is 4.57. The molecule has 0 heterocycles. The molecule has 98 valence electrons. The molecule has 4 heteroatoms. The van der Waals surface area contributed by atoms with Gasteiger partial charge in [-0.2, -0.15) is 0 Å². The van der Waals surface area contributed by atoms with Crippen LogP contribution in [0, 0.1) is 0 Å². The Balaban J connectivity index is 2.53. The largest absolute Gasteiger partial charge is 0.481 e. The lowest BCUT2D eigenvalue weighted by atomic mass is 9.99. The molecule has 1 amide bonds. The van der Waals surface area contributed by atoms with Gasteiger partial charge in [-0.3, -0.25) is 9.59 Å². The zero-order valence-electron chi connectivity index (χ0n) is 10.8. The van der Waals surface area contributed by atoms with E-state index in [1.165, 1.54) is 5.56 Å². The highest BCUT2D eigenvalue weighted by Gasteiger charge is 2.06. The Morgan fingerprint density at radius 2 is 1.83 bits per heavy atom. The molecule has 0 aliphatic rings. The molecule has 0 saturated carbocycles. The van der Waals surface area contributed by atoms with Crippen molar-refractivity contribution in [2.45, 2.75) is 39.0 Å². The molecule has 0 saturated heterocycles. The summed E-state index contributed by atoms with van der Waals surface area (Å²) in [5.41, 5.74) is 1.94. The topological polar surface area (TPSA) is 66.4 Å². The van der Waals surface area contributed by atoms with Crippen molar-refractivity contribution in [2.75, 3.05) is 5.32 Å². The smallest absolute Gasteiger partial charge is 0.303 e. The monoisotopic (exact) mass is 249 g/mol. The number of hydrogen-bond acceptors (Lipinski definition) is 2. The molecule has 0 aromatic heterocycles. The van der Waals surface area contributed by atoms with Gasteiger partial charge in [-0.05, 0) is 30.0 Å². The summed E-state index contributed by atoms with van der Waals surface area (Å²) in [4.78, 5) is 21.7. The lowest BCUT2D eigenvalue weighted by Gasteiger charge is -2.10. The number of rotatable bonds is 6. The van der Waals surface area contributed by atoms with Gasteiger partial charge in [0.1, 0.15) is 0 Å². The second kappa shape index (κ2) is 6.79. The van der Waals surface area contributed by atoms with E-state index in [4.69, 9.17) is 5.11 Å². The van der Waals surface area contributed by atoms with E-state index in [2.05, 4.69) is 19.2 Å². The number of carboxylic acid groups (broad SMARTS) is 1. The molecule has 2 N–H and O–H groups in total. The van der Waals surface area contributed by atoms with Crippen molar-refractivity contribution in [3.63, 3.8) is 0 Å². The van der Waals surface area contributed by atoms with E-state index in [0.717, 1.165) is 6.42 Å². The highest BCUT2D eigenvalue weighted by atomic mass is 16.4. The fraction of sp³-hybridized carbons (Fsp3) is 0.429. The first-order valence-corrected chi connectivity index (χ1v) is 6.14. The second-order valence-electron chi connectivity index (χ2n) is 4.37. The summed E-state index contributed by atoms with van der Waals surface area (Å²) in [6, 6.07) is 7.67. The lowest BCUT2D eigenvalue weighted by molar-refractivity contribution is -0.138. The van der Waals surface area contributed by atoms with Crippen LogP contribution < -0.4 is 5.32 Å². The summed E-state index contributed by atoms with van der Waals surface area (Å²) >= 11 is 0. The van der Waals surface area contributed by atoms with E-state index in [1.54, 1.807) is 0 Å². The number of anilines is 1. The van der Waals surface area contributed by atoms with Gasteiger partial charge in [-0.1, -0.05) is 26.0 Å². The van der Waals surface area contributed by atoms with Crippen LogP contribution in [-0.2, 0) is 9.59 Å². The van der Waals surface area contributed by atoms with Crippen molar-refractivity contribution >= 4 is 17.6 Å². The Labute approximate surface area is 107 Å². The first kappa shape index (κ1) is 14.2. The lowest BCUT2D eigenvalue weighted by Crippen LogP contribution is -2.13. The van der Waals surface area contributed by atoms with Crippen molar-refractivity contribution < 1.29 is 14.7 Å². The molecule has 0 fully saturated rings. The zero-order valence-corrected chi connectivity index (χ0v) is 10.8. The fourth-order valence-electron chi connectivity index (χ4n) is 1.57. The van der Waals surface area contributed by atoms with Gasteiger partial charge < -0.3 is 10.4 Å². The maximum absolute atomic E-state index is 11.4. The average molecular weight is 249 g/mol. The van der Waals surface area contributed by atoms with Crippen LogP contribution in [0.15, 0.2) is 24.3 Å². The Bertz CT molecular complexity index is 412. The summed E-state index contributed by atoms with van der Waals surface area (Å²) in [6.07, 6.45) is 0.934. The molecule has 0 aliphatic heterocycles. The van der Waals surface area contributed by atoms with E-state index < -0.39 is 5.97 Å². The molecule has 0 aliphatic carbocycles. The molecule has 1 aromatic rings. The molecule has 0 bridgehead atoms. The van der Waals surface area contributed by atoms with Gasteiger partial charge in [-0.15, -0.1) is 0 Å². The third-order valence-electron chi connectivity index (χ3n) is 2.94. The summed E-state index contributed by atoms with van der Waals surface area (Å²) < 4.78 is 0. The van der Waals surface area contributed by atoms with Crippen molar-refractivity contribution in [1.29, 1.82) is 0 Å². The minimum atomic E-state index is -0.961. The highest BCUT2D eigenvalue weighted by molar-refractivity contribution is 5.92. The van der Waals surface area contributed by atoms with Gasteiger partial charge >= 0.3 is 5.97 Å². The number of aliphatic carboxylic acids is 1. The summed E-state index contributed by atoms with van der Waals surface area (Å²) in [5.74, 6) is -0.729. The minimum absolute atomic E-state index is 0.00243. The van der Waals surface area contributed by atoms with E-state index in [-0.39, 0.29) is 18.7 Å². The van der Waals surface area contributed by atoms with E-state index in [9.17, 15) is 9.59 Å². The van der Waals surface area contributed by atoms with Crippen molar-refractivity contribution in [3.8, 4) is 0 Å². The number of carbonyl (C=O) groups is 2. The summed E-state index contributed by atoms with van der Waals surface area (Å²) in [7, 11) is 0. The third-order valence-corrected chi connectivity index (χ3v) is 2.94. The maximum atomic E-state index is 11.4. The molecule has 4 nitrogen and oxygen atoms in total. The molecule has 0 radical (unpaired) electrons. The van der Waals surface area contributed by atoms with Crippen molar-refractivity contribution in [2.24, 2.45) is 0 Å². The quantitative estimate of drug-likeness (QED) is 0.814. The number of hydrogen-bond donors (Lipinski definition) is 2. The van der Waals surface area contributed by atoms with Crippen molar-refractivity contribution in [3.05, 3.63) is 29.8 Å². The number of carbonyl (C=O) groups excluding carboxylic acids is 1. The molecule has 0 spiro atoms. The fourth-order valence-corrected chi connectivity index (χ4v) is 1.57. The van der Waals surface area contributed by atoms with Crippen LogP contribution in [0.2, 0.25) is 0 Å². The van der Waals surface area contributed by atoms with Gasteiger partial charge in [-0.25, -0.2) is 0 Å². The first-order chi connectivity index (χ1) is 8.52. The standard InChI is InChI=1S/C14H19NO3/c1-3-10(2)11-4-6-12(7-5-11)15-13(16)8-9-14(17)18/h4-7,10H,3,8-9H2,1-2H3,(H,15,16)(H,17,18)/t10-/m0/s1. The average Bonchev–Trinajstić information content (AvgIpc) is 2.36. The summed E-state index contributed by atoms with van der Waals surface area (Å²) in [5, 5.41) is 11.2. The number of nitrogens with one attached hydrogen (secondary N) is 1. The minimum Gasteiger partial charge on any atom is -0.481 e. The molecule has 18 heavy (non-hydrogen) atoms. The predicted molar refractivity (Wildman–Crippen MR) is 70.6 cm³/mol. The Hall–Kier alpha value is -1.84. The maximum Gasteiger partial charge on any atom is 0.303 e. The van der Waals surface area contributed by atoms with Crippen LogP contribution in [0.1, 0.15) is 44.6 Å². The van der Waals surface area contributed by atoms with E-state index >= 15 is 0 Å². The van der Waals surface area contributed by atoms with Gasteiger partial charge in [0.05, 0.1) is 6.42 Å². The summed E-state index contributed by atoms with van der Waals surface area (Å²) in [6.45, 7) is 4.28. The van der Waals surface area contributed by atoms with E-state index in [1.807, 2.05) is 24.3 Å². The van der Waals surface area contributed by atoms with Gasteiger partial charge in [0, 0.05) is 12.1 Å². The Morgan fingerprint density at radius 1 is 1.22 bits per heavy atom. The zero-order chi connectivity index (χ0) is 13.5. The van der Waals surface area contributed by atoms with Crippen LogP contribution in [0.5, 0.6) is 0 Å².